The van der Waals surface area contributed by atoms with Gasteiger partial charge in [0, 0.05) is 12.3 Å². The predicted octanol–water partition coefficient (Wildman–Crippen LogP) is 1.50. The summed E-state index contributed by atoms with van der Waals surface area (Å²) in [5.74, 6) is 1.13. The topological polar surface area (TPSA) is 59.3 Å². The summed E-state index contributed by atoms with van der Waals surface area (Å²) < 4.78 is 27.2. The molecule has 0 radical (unpaired) electrons. The summed E-state index contributed by atoms with van der Waals surface area (Å²) in [7, 11) is -2.86. The van der Waals surface area contributed by atoms with E-state index in [0.717, 1.165) is 11.3 Å². The fourth-order valence-corrected chi connectivity index (χ4v) is 2.13. The SMILES string of the molecule is Cc1ccoc1CNC(C)CCS(C)(=O)=O. The number of nitrogens with one attached hydrogen (secondary N) is 1. The van der Waals surface area contributed by atoms with Crippen molar-refractivity contribution in [1.82, 2.24) is 5.32 Å². The summed E-state index contributed by atoms with van der Waals surface area (Å²) in [6.07, 6.45) is 3.54. The minimum Gasteiger partial charge on any atom is -0.468 e. The molecule has 0 aliphatic rings. The molecule has 0 saturated heterocycles. The molecule has 0 spiro atoms. The van der Waals surface area contributed by atoms with Crippen molar-refractivity contribution >= 4 is 9.84 Å². The Morgan fingerprint density at radius 3 is 2.69 bits per heavy atom. The molecule has 4 nitrogen and oxygen atoms in total. The van der Waals surface area contributed by atoms with Crippen molar-refractivity contribution < 1.29 is 12.8 Å². The molecule has 92 valence electrons. The fraction of sp³-hybridized carbons (Fsp3) is 0.636. The highest BCUT2D eigenvalue weighted by atomic mass is 32.2. The van der Waals surface area contributed by atoms with Gasteiger partial charge >= 0.3 is 0 Å². The van der Waals surface area contributed by atoms with Crippen LogP contribution in [0.2, 0.25) is 0 Å². The van der Waals surface area contributed by atoms with Crippen LogP contribution >= 0.6 is 0 Å². The molecule has 0 aromatic carbocycles. The molecular formula is C11H19NO3S. The van der Waals surface area contributed by atoms with Gasteiger partial charge in [-0.3, -0.25) is 0 Å². The van der Waals surface area contributed by atoms with Gasteiger partial charge in [-0.25, -0.2) is 8.42 Å². The summed E-state index contributed by atoms with van der Waals surface area (Å²) in [4.78, 5) is 0. The Morgan fingerprint density at radius 1 is 1.50 bits per heavy atom. The van der Waals surface area contributed by atoms with Crippen molar-refractivity contribution in [1.29, 1.82) is 0 Å². The standard InChI is InChI=1S/C11H19NO3S/c1-9-4-6-15-11(9)8-12-10(2)5-7-16(3,13)14/h4,6,10,12H,5,7-8H2,1-3H3. The van der Waals surface area contributed by atoms with Gasteiger partial charge in [-0.15, -0.1) is 0 Å². The third kappa shape index (κ3) is 4.81. The highest BCUT2D eigenvalue weighted by Gasteiger charge is 2.08. The molecule has 1 unspecified atom stereocenters. The van der Waals surface area contributed by atoms with Crippen LogP contribution in [0.5, 0.6) is 0 Å². The molecule has 1 N–H and O–H groups in total. The van der Waals surface area contributed by atoms with E-state index < -0.39 is 9.84 Å². The lowest BCUT2D eigenvalue weighted by Crippen LogP contribution is -2.27. The van der Waals surface area contributed by atoms with E-state index >= 15 is 0 Å². The summed E-state index contributed by atoms with van der Waals surface area (Å²) >= 11 is 0. The van der Waals surface area contributed by atoms with Crippen LogP contribution in [-0.4, -0.2) is 26.5 Å². The zero-order chi connectivity index (χ0) is 12.2. The molecule has 0 aliphatic carbocycles. The second kappa shape index (κ2) is 5.50. The summed E-state index contributed by atoms with van der Waals surface area (Å²) in [5, 5.41) is 3.24. The molecule has 0 fully saturated rings. The van der Waals surface area contributed by atoms with Crippen LogP contribution in [-0.2, 0) is 16.4 Å². The Bertz CT molecular complexity index is 422. The molecule has 0 saturated carbocycles. The summed E-state index contributed by atoms with van der Waals surface area (Å²) in [6.45, 7) is 4.61. The van der Waals surface area contributed by atoms with Gasteiger partial charge in [0.05, 0.1) is 18.6 Å². The van der Waals surface area contributed by atoms with Gasteiger partial charge in [0.2, 0.25) is 0 Å². The first-order valence-corrected chi connectivity index (χ1v) is 7.38. The molecular weight excluding hydrogens is 226 g/mol. The minimum atomic E-state index is -2.86. The number of rotatable bonds is 6. The summed E-state index contributed by atoms with van der Waals surface area (Å²) in [5.41, 5.74) is 1.11. The van der Waals surface area contributed by atoms with E-state index in [4.69, 9.17) is 4.42 Å². The van der Waals surface area contributed by atoms with E-state index in [1.165, 1.54) is 6.26 Å². The van der Waals surface area contributed by atoms with Gasteiger partial charge in [-0.1, -0.05) is 0 Å². The molecule has 1 rings (SSSR count). The molecule has 0 amide bonds. The van der Waals surface area contributed by atoms with Crippen molar-refractivity contribution in [3.8, 4) is 0 Å². The molecule has 16 heavy (non-hydrogen) atoms. The molecule has 1 aromatic heterocycles. The largest absolute Gasteiger partial charge is 0.468 e. The normalized spacial score (nSPS) is 13.9. The lowest BCUT2D eigenvalue weighted by molar-refractivity contribution is 0.447. The Hall–Kier alpha value is -0.810. The second-order valence-electron chi connectivity index (χ2n) is 4.23. The monoisotopic (exact) mass is 245 g/mol. The third-order valence-corrected chi connectivity index (χ3v) is 3.48. The lowest BCUT2D eigenvalue weighted by Gasteiger charge is -2.12. The zero-order valence-corrected chi connectivity index (χ0v) is 10.8. The van der Waals surface area contributed by atoms with Gasteiger partial charge in [0.25, 0.3) is 0 Å². The zero-order valence-electron chi connectivity index (χ0n) is 9.99. The molecule has 5 heteroatoms. The lowest BCUT2D eigenvalue weighted by atomic mass is 10.2. The molecule has 1 heterocycles. The smallest absolute Gasteiger partial charge is 0.147 e. The fourth-order valence-electron chi connectivity index (χ4n) is 1.35. The van der Waals surface area contributed by atoms with E-state index in [1.54, 1.807) is 6.26 Å². The van der Waals surface area contributed by atoms with Gasteiger partial charge in [-0.2, -0.15) is 0 Å². The molecule has 0 bridgehead atoms. The second-order valence-corrected chi connectivity index (χ2v) is 6.49. The van der Waals surface area contributed by atoms with Crippen LogP contribution in [0.4, 0.5) is 0 Å². The van der Waals surface area contributed by atoms with Crippen molar-refractivity contribution in [2.75, 3.05) is 12.0 Å². The van der Waals surface area contributed by atoms with E-state index in [2.05, 4.69) is 5.32 Å². The number of hydrogen-bond acceptors (Lipinski definition) is 4. The van der Waals surface area contributed by atoms with Gasteiger partial charge in [0.1, 0.15) is 15.6 Å². The van der Waals surface area contributed by atoms with Crippen LogP contribution in [0.1, 0.15) is 24.7 Å². The first-order chi connectivity index (χ1) is 7.38. The maximum atomic E-state index is 11.0. The van der Waals surface area contributed by atoms with Gasteiger partial charge < -0.3 is 9.73 Å². The van der Waals surface area contributed by atoms with Crippen molar-refractivity contribution in [3.05, 3.63) is 23.7 Å². The van der Waals surface area contributed by atoms with E-state index in [1.807, 2.05) is 19.9 Å². The predicted molar refractivity (Wildman–Crippen MR) is 64.1 cm³/mol. The quantitative estimate of drug-likeness (QED) is 0.825. The van der Waals surface area contributed by atoms with Gasteiger partial charge in [-0.05, 0) is 31.9 Å². The number of sulfone groups is 1. The molecule has 1 aromatic rings. The van der Waals surface area contributed by atoms with E-state index in [0.29, 0.717) is 13.0 Å². The van der Waals surface area contributed by atoms with Crippen LogP contribution in [0, 0.1) is 6.92 Å². The average Bonchev–Trinajstić information content (AvgIpc) is 2.57. The number of aryl methyl sites for hydroxylation is 1. The first-order valence-electron chi connectivity index (χ1n) is 5.32. The van der Waals surface area contributed by atoms with E-state index in [9.17, 15) is 8.42 Å². The number of hydrogen-bond donors (Lipinski definition) is 1. The highest BCUT2D eigenvalue weighted by molar-refractivity contribution is 7.90. The average molecular weight is 245 g/mol. The Balaban J connectivity index is 2.31. The van der Waals surface area contributed by atoms with Crippen LogP contribution in [0.25, 0.3) is 0 Å². The first kappa shape index (κ1) is 13.3. The minimum absolute atomic E-state index is 0.166. The summed E-state index contributed by atoms with van der Waals surface area (Å²) in [6, 6.07) is 2.08. The molecule has 1 atom stereocenters. The van der Waals surface area contributed by atoms with Crippen LogP contribution in [0.15, 0.2) is 16.7 Å². The maximum Gasteiger partial charge on any atom is 0.147 e. The number of furan rings is 1. The Labute approximate surface area is 97.0 Å². The molecule has 0 aliphatic heterocycles. The van der Waals surface area contributed by atoms with Gasteiger partial charge in [0.15, 0.2) is 0 Å². The van der Waals surface area contributed by atoms with E-state index in [-0.39, 0.29) is 11.8 Å². The van der Waals surface area contributed by atoms with Crippen molar-refractivity contribution in [2.24, 2.45) is 0 Å². The highest BCUT2D eigenvalue weighted by Crippen LogP contribution is 2.08. The van der Waals surface area contributed by atoms with Crippen molar-refractivity contribution in [2.45, 2.75) is 32.9 Å². The Morgan fingerprint density at radius 2 is 2.19 bits per heavy atom. The van der Waals surface area contributed by atoms with Crippen LogP contribution < -0.4 is 5.32 Å². The third-order valence-electron chi connectivity index (χ3n) is 2.50. The Kier molecular flexibility index (Phi) is 4.56. The van der Waals surface area contributed by atoms with Crippen molar-refractivity contribution in [3.63, 3.8) is 0 Å². The van der Waals surface area contributed by atoms with Crippen LogP contribution in [0.3, 0.4) is 0 Å². The maximum absolute atomic E-state index is 11.0.